The second kappa shape index (κ2) is 6.00. The van der Waals surface area contributed by atoms with Crippen molar-refractivity contribution in [2.75, 3.05) is 13.7 Å². The lowest BCUT2D eigenvalue weighted by atomic mass is 10.2. The van der Waals surface area contributed by atoms with Crippen molar-refractivity contribution < 1.29 is 19.4 Å². The van der Waals surface area contributed by atoms with Crippen molar-refractivity contribution in [2.45, 2.75) is 19.8 Å². The molecule has 16 heavy (non-hydrogen) atoms. The SMILES string of the molecule is COc1cc(C)cc(OCCCC(=O)O)c1. The molecule has 0 amide bonds. The Balaban J connectivity index is 2.47. The zero-order valence-corrected chi connectivity index (χ0v) is 9.53. The lowest BCUT2D eigenvalue weighted by Gasteiger charge is -2.08. The van der Waals surface area contributed by atoms with Crippen molar-refractivity contribution in [3.05, 3.63) is 23.8 Å². The molecule has 0 fully saturated rings. The molecule has 0 aromatic heterocycles. The van der Waals surface area contributed by atoms with Crippen LogP contribution in [0.3, 0.4) is 0 Å². The van der Waals surface area contributed by atoms with Gasteiger partial charge in [-0.05, 0) is 31.0 Å². The molecule has 0 saturated heterocycles. The summed E-state index contributed by atoms with van der Waals surface area (Å²) in [7, 11) is 1.60. The summed E-state index contributed by atoms with van der Waals surface area (Å²) in [6.45, 7) is 2.35. The van der Waals surface area contributed by atoms with Gasteiger partial charge in [0.25, 0.3) is 0 Å². The van der Waals surface area contributed by atoms with Crippen molar-refractivity contribution >= 4 is 5.97 Å². The van der Waals surface area contributed by atoms with Gasteiger partial charge in [0.2, 0.25) is 0 Å². The van der Waals surface area contributed by atoms with E-state index in [1.54, 1.807) is 13.2 Å². The van der Waals surface area contributed by atoms with Gasteiger partial charge in [0.15, 0.2) is 0 Å². The third kappa shape index (κ3) is 4.21. The van der Waals surface area contributed by atoms with Crippen LogP contribution in [0.15, 0.2) is 18.2 Å². The normalized spacial score (nSPS) is 9.88. The lowest BCUT2D eigenvalue weighted by molar-refractivity contribution is -0.137. The number of rotatable bonds is 6. The van der Waals surface area contributed by atoms with Crippen LogP contribution in [0.2, 0.25) is 0 Å². The van der Waals surface area contributed by atoms with Gasteiger partial charge in [-0.25, -0.2) is 0 Å². The molecule has 0 saturated carbocycles. The van der Waals surface area contributed by atoms with Crippen LogP contribution >= 0.6 is 0 Å². The average molecular weight is 224 g/mol. The highest BCUT2D eigenvalue weighted by molar-refractivity contribution is 5.66. The van der Waals surface area contributed by atoms with Gasteiger partial charge in [0.1, 0.15) is 11.5 Å². The van der Waals surface area contributed by atoms with E-state index >= 15 is 0 Å². The second-order valence-electron chi connectivity index (χ2n) is 3.53. The molecule has 4 nitrogen and oxygen atoms in total. The molecule has 0 unspecified atom stereocenters. The minimum Gasteiger partial charge on any atom is -0.497 e. The number of hydrogen-bond donors (Lipinski definition) is 1. The highest BCUT2D eigenvalue weighted by Gasteiger charge is 2.01. The molecule has 1 N–H and O–H groups in total. The Morgan fingerprint density at radius 3 is 2.62 bits per heavy atom. The Bertz CT molecular complexity index is 360. The van der Waals surface area contributed by atoms with E-state index < -0.39 is 5.97 Å². The maximum atomic E-state index is 10.3. The van der Waals surface area contributed by atoms with Crippen molar-refractivity contribution in [3.63, 3.8) is 0 Å². The minimum absolute atomic E-state index is 0.128. The summed E-state index contributed by atoms with van der Waals surface area (Å²) in [4.78, 5) is 10.3. The lowest BCUT2D eigenvalue weighted by Crippen LogP contribution is -2.02. The predicted molar refractivity (Wildman–Crippen MR) is 60.1 cm³/mol. The molecule has 0 aliphatic rings. The van der Waals surface area contributed by atoms with Gasteiger partial charge in [0.05, 0.1) is 13.7 Å². The van der Waals surface area contributed by atoms with Crippen LogP contribution in [0.4, 0.5) is 0 Å². The summed E-state index contributed by atoms with van der Waals surface area (Å²) in [5.74, 6) is 0.654. The van der Waals surface area contributed by atoms with Gasteiger partial charge in [0, 0.05) is 12.5 Å². The summed E-state index contributed by atoms with van der Waals surface area (Å²) >= 11 is 0. The van der Waals surface area contributed by atoms with Crippen LogP contribution in [-0.4, -0.2) is 24.8 Å². The summed E-state index contributed by atoms with van der Waals surface area (Å²) in [6, 6.07) is 5.58. The molecule has 0 aliphatic heterocycles. The Morgan fingerprint density at radius 2 is 2.00 bits per heavy atom. The van der Waals surface area contributed by atoms with Crippen LogP contribution < -0.4 is 9.47 Å². The molecule has 88 valence electrons. The van der Waals surface area contributed by atoms with Gasteiger partial charge < -0.3 is 14.6 Å². The number of hydrogen-bond acceptors (Lipinski definition) is 3. The largest absolute Gasteiger partial charge is 0.497 e. The first-order valence-electron chi connectivity index (χ1n) is 5.12. The van der Waals surface area contributed by atoms with E-state index in [1.165, 1.54) is 0 Å². The van der Waals surface area contributed by atoms with Crippen LogP contribution in [0.25, 0.3) is 0 Å². The van der Waals surface area contributed by atoms with Gasteiger partial charge in [-0.3, -0.25) is 4.79 Å². The molecule has 1 aromatic rings. The number of aliphatic carboxylic acids is 1. The molecule has 0 radical (unpaired) electrons. The number of benzene rings is 1. The Hall–Kier alpha value is -1.71. The monoisotopic (exact) mass is 224 g/mol. The minimum atomic E-state index is -0.801. The summed E-state index contributed by atoms with van der Waals surface area (Å²) in [5, 5.41) is 8.46. The number of aryl methyl sites for hydroxylation is 1. The molecular formula is C12H16O4. The van der Waals surface area contributed by atoms with E-state index in [1.807, 2.05) is 19.1 Å². The fourth-order valence-electron chi connectivity index (χ4n) is 1.33. The fourth-order valence-corrected chi connectivity index (χ4v) is 1.33. The highest BCUT2D eigenvalue weighted by Crippen LogP contribution is 2.22. The van der Waals surface area contributed by atoms with Gasteiger partial charge >= 0.3 is 5.97 Å². The second-order valence-corrected chi connectivity index (χ2v) is 3.53. The Morgan fingerprint density at radius 1 is 1.31 bits per heavy atom. The van der Waals surface area contributed by atoms with Crippen molar-refractivity contribution in [2.24, 2.45) is 0 Å². The maximum Gasteiger partial charge on any atom is 0.303 e. The molecule has 0 bridgehead atoms. The molecule has 1 aromatic carbocycles. The zero-order chi connectivity index (χ0) is 12.0. The zero-order valence-electron chi connectivity index (χ0n) is 9.53. The molecule has 0 atom stereocenters. The number of carboxylic acids is 1. The third-order valence-corrected chi connectivity index (χ3v) is 2.06. The number of ether oxygens (including phenoxy) is 2. The van der Waals surface area contributed by atoms with E-state index in [-0.39, 0.29) is 6.42 Å². The van der Waals surface area contributed by atoms with Crippen LogP contribution in [0.5, 0.6) is 11.5 Å². The predicted octanol–water partition coefficient (Wildman–Crippen LogP) is 2.25. The first kappa shape index (κ1) is 12.4. The van der Waals surface area contributed by atoms with E-state index in [2.05, 4.69) is 0 Å². The molecule has 0 spiro atoms. The van der Waals surface area contributed by atoms with Crippen LogP contribution in [-0.2, 0) is 4.79 Å². The Kier molecular flexibility index (Phi) is 4.64. The van der Waals surface area contributed by atoms with Crippen LogP contribution in [0, 0.1) is 6.92 Å². The Labute approximate surface area is 94.8 Å². The summed E-state index contributed by atoms with van der Waals surface area (Å²) < 4.78 is 10.5. The van der Waals surface area contributed by atoms with Crippen LogP contribution in [0.1, 0.15) is 18.4 Å². The van der Waals surface area contributed by atoms with E-state index in [4.69, 9.17) is 14.6 Å². The number of methoxy groups -OCH3 is 1. The molecule has 4 heteroatoms. The smallest absolute Gasteiger partial charge is 0.303 e. The fraction of sp³-hybridized carbons (Fsp3) is 0.417. The average Bonchev–Trinajstić information content (AvgIpc) is 2.23. The number of carbonyl (C=O) groups is 1. The van der Waals surface area contributed by atoms with E-state index in [9.17, 15) is 4.79 Å². The summed E-state index contributed by atoms with van der Waals surface area (Å²) in [6.07, 6.45) is 0.633. The molecule has 0 aliphatic carbocycles. The quantitative estimate of drug-likeness (QED) is 0.753. The van der Waals surface area contributed by atoms with Crippen molar-refractivity contribution in [1.29, 1.82) is 0 Å². The van der Waals surface area contributed by atoms with E-state index in [0.717, 1.165) is 11.3 Å². The van der Waals surface area contributed by atoms with Gasteiger partial charge in [-0.2, -0.15) is 0 Å². The van der Waals surface area contributed by atoms with Gasteiger partial charge in [-0.1, -0.05) is 0 Å². The standard InChI is InChI=1S/C12H16O4/c1-9-6-10(15-2)8-11(7-9)16-5-3-4-12(13)14/h6-8H,3-5H2,1-2H3,(H,13,14). The van der Waals surface area contributed by atoms with Crippen molar-refractivity contribution in [1.82, 2.24) is 0 Å². The van der Waals surface area contributed by atoms with Gasteiger partial charge in [-0.15, -0.1) is 0 Å². The third-order valence-electron chi connectivity index (χ3n) is 2.06. The highest BCUT2D eigenvalue weighted by atomic mass is 16.5. The first-order valence-corrected chi connectivity index (χ1v) is 5.12. The molecule has 0 heterocycles. The number of carboxylic acid groups (broad SMARTS) is 1. The summed E-state index contributed by atoms with van der Waals surface area (Å²) in [5.41, 5.74) is 1.05. The maximum absolute atomic E-state index is 10.3. The topological polar surface area (TPSA) is 55.8 Å². The molecule has 1 rings (SSSR count). The first-order chi connectivity index (χ1) is 7.61. The molecular weight excluding hydrogens is 208 g/mol. The van der Waals surface area contributed by atoms with Crippen molar-refractivity contribution in [3.8, 4) is 11.5 Å². The van der Waals surface area contributed by atoms with E-state index in [0.29, 0.717) is 18.8 Å².